The maximum atomic E-state index is 12.2. The van der Waals surface area contributed by atoms with Crippen LogP contribution in [0.4, 0.5) is 10.5 Å². The summed E-state index contributed by atoms with van der Waals surface area (Å²) in [6.45, 7) is 10.0. The number of carbonyl (C=O) groups excluding carboxylic acids is 1. The van der Waals surface area contributed by atoms with Gasteiger partial charge in [0.2, 0.25) is 0 Å². The molecule has 5 heteroatoms. The van der Waals surface area contributed by atoms with Crippen LogP contribution in [0.5, 0.6) is 0 Å². The fourth-order valence-electron chi connectivity index (χ4n) is 10.1. The molecule has 5 rings (SSSR count). The Balaban J connectivity index is 1.25. The van der Waals surface area contributed by atoms with E-state index in [1.807, 2.05) is 30.3 Å². The van der Waals surface area contributed by atoms with Crippen molar-refractivity contribution in [1.29, 1.82) is 0 Å². The third-order valence-corrected chi connectivity index (χ3v) is 12.0. The van der Waals surface area contributed by atoms with Crippen LogP contribution >= 0.6 is 0 Å². The summed E-state index contributed by atoms with van der Waals surface area (Å²) in [6.07, 6.45) is 8.80. The Kier molecular flexibility index (Phi) is 7.68. The predicted octanol–water partition coefficient (Wildman–Crippen LogP) is 6.89. The summed E-state index contributed by atoms with van der Waals surface area (Å²) >= 11 is 0. The van der Waals surface area contributed by atoms with Crippen LogP contribution in [0.15, 0.2) is 30.3 Å². The zero-order chi connectivity index (χ0) is 26.4. The fourth-order valence-corrected chi connectivity index (χ4v) is 10.1. The molecule has 5 nitrogen and oxygen atoms in total. The van der Waals surface area contributed by atoms with E-state index in [2.05, 4.69) is 33.0 Å². The van der Waals surface area contributed by atoms with Crippen LogP contribution < -0.4 is 5.32 Å². The topological polar surface area (TPSA) is 78.8 Å². The molecule has 1 aromatic rings. The molecule has 4 saturated carbocycles. The fraction of sp³-hybridized carbons (Fsp3) is 0.781. The number of carbonyl (C=O) groups is 1. The van der Waals surface area contributed by atoms with Crippen LogP contribution in [0.2, 0.25) is 0 Å². The molecule has 3 unspecified atom stereocenters. The van der Waals surface area contributed by atoms with Crippen LogP contribution in [-0.4, -0.2) is 35.1 Å². The normalized spacial score (nSPS) is 43.7. The Morgan fingerprint density at radius 1 is 1.03 bits per heavy atom. The van der Waals surface area contributed by atoms with Crippen molar-refractivity contribution in [2.75, 3.05) is 11.9 Å². The number of amides is 1. The molecule has 11 atom stereocenters. The Bertz CT molecular complexity index is 938. The lowest BCUT2D eigenvalue weighted by molar-refractivity contribution is -0.203. The first-order chi connectivity index (χ1) is 17.7. The number of hydrogen-bond donors (Lipinski definition) is 3. The summed E-state index contributed by atoms with van der Waals surface area (Å²) in [4.78, 5) is 12.2. The molecule has 4 aliphatic carbocycles. The van der Waals surface area contributed by atoms with Crippen LogP contribution in [0, 0.1) is 52.3 Å². The van der Waals surface area contributed by atoms with Gasteiger partial charge in [-0.25, -0.2) is 4.79 Å². The van der Waals surface area contributed by atoms with Crippen molar-refractivity contribution in [3.63, 3.8) is 0 Å². The number of rotatable bonds is 6. The van der Waals surface area contributed by atoms with Gasteiger partial charge in [-0.3, -0.25) is 5.32 Å². The number of aliphatic hydroxyl groups excluding tert-OH is 2. The largest absolute Gasteiger partial charge is 0.449 e. The minimum Gasteiger partial charge on any atom is -0.449 e. The Morgan fingerprint density at radius 2 is 1.73 bits per heavy atom. The molecule has 4 fully saturated rings. The second kappa shape index (κ2) is 10.5. The molecule has 206 valence electrons. The van der Waals surface area contributed by atoms with E-state index in [4.69, 9.17) is 4.74 Å². The highest BCUT2D eigenvalue weighted by atomic mass is 16.5. The van der Waals surface area contributed by atoms with E-state index in [-0.39, 0.29) is 29.1 Å². The number of fused-ring (bicyclic) bond motifs is 5. The minimum atomic E-state index is -0.384. The van der Waals surface area contributed by atoms with Gasteiger partial charge in [-0.15, -0.1) is 0 Å². The van der Waals surface area contributed by atoms with Gasteiger partial charge in [0.25, 0.3) is 0 Å². The highest BCUT2D eigenvalue weighted by Gasteiger charge is 2.64. The molecule has 0 aromatic heterocycles. The molecule has 0 saturated heterocycles. The average molecular weight is 512 g/mol. The quantitative estimate of drug-likeness (QED) is 0.389. The smallest absolute Gasteiger partial charge is 0.411 e. The first-order valence-electron chi connectivity index (χ1n) is 15.0. The number of ether oxygens (including phenoxy) is 1. The predicted molar refractivity (Wildman–Crippen MR) is 147 cm³/mol. The molecule has 0 spiro atoms. The monoisotopic (exact) mass is 511 g/mol. The SMILES string of the molecule is CC[C@@H]1C2C[C@H](O)CCC2(C)[C@H]2CC[C@]3(C)[C@@H]([C@H](C)CCOC(=O)Nc4ccccc4)CC[C@H]3C2[C@@H]1O. The van der Waals surface area contributed by atoms with Crippen LogP contribution in [-0.2, 0) is 4.74 Å². The van der Waals surface area contributed by atoms with Gasteiger partial charge in [-0.2, -0.15) is 0 Å². The van der Waals surface area contributed by atoms with Crippen molar-refractivity contribution in [3.8, 4) is 0 Å². The van der Waals surface area contributed by atoms with Gasteiger partial charge < -0.3 is 14.9 Å². The van der Waals surface area contributed by atoms with E-state index in [1.165, 1.54) is 25.7 Å². The summed E-state index contributed by atoms with van der Waals surface area (Å²) in [5, 5.41) is 25.2. The van der Waals surface area contributed by atoms with Gasteiger partial charge in [-0.05, 0) is 116 Å². The van der Waals surface area contributed by atoms with Crippen molar-refractivity contribution < 1.29 is 19.7 Å². The third-order valence-electron chi connectivity index (χ3n) is 12.0. The lowest BCUT2D eigenvalue weighted by atomic mass is 9.41. The van der Waals surface area contributed by atoms with Gasteiger partial charge in [0.1, 0.15) is 0 Å². The average Bonchev–Trinajstić information content (AvgIpc) is 3.23. The number of hydrogen-bond acceptors (Lipinski definition) is 4. The number of para-hydroxylation sites is 1. The zero-order valence-corrected chi connectivity index (χ0v) is 23.4. The van der Waals surface area contributed by atoms with Gasteiger partial charge in [0.05, 0.1) is 18.8 Å². The van der Waals surface area contributed by atoms with E-state index in [9.17, 15) is 15.0 Å². The third kappa shape index (κ3) is 4.73. The maximum absolute atomic E-state index is 12.2. The molecule has 0 aliphatic heterocycles. The van der Waals surface area contributed by atoms with Gasteiger partial charge >= 0.3 is 6.09 Å². The molecular weight excluding hydrogens is 462 g/mol. The maximum Gasteiger partial charge on any atom is 0.411 e. The second-order valence-corrected chi connectivity index (χ2v) is 13.5. The van der Waals surface area contributed by atoms with Gasteiger partial charge in [0.15, 0.2) is 0 Å². The van der Waals surface area contributed by atoms with Crippen molar-refractivity contribution in [2.24, 2.45) is 52.3 Å². The van der Waals surface area contributed by atoms with Gasteiger partial charge in [-0.1, -0.05) is 52.3 Å². The van der Waals surface area contributed by atoms with Crippen molar-refractivity contribution in [3.05, 3.63) is 30.3 Å². The summed E-state index contributed by atoms with van der Waals surface area (Å²) in [7, 11) is 0. The number of anilines is 1. The highest BCUT2D eigenvalue weighted by Crippen LogP contribution is 2.69. The van der Waals surface area contributed by atoms with Crippen LogP contribution in [0.3, 0.4) is 0 Å². The lowest BCUT2D eigenvalue weighted by Gasteiger charge is -2.64. The molecule has 3 N–H and O–H groups in total. The number of benzene rings is 1. The summed E-state index contributed by atoms with van der Waals surface area (Å²) < 4.78 is 5.55. The van der Waals surface area contributed by atoms with Crippen molar-refractivity contribution in [2.45, 2.75) is 97.7 Å². The van der Waals surface area contributed by atoms with E-state index < -0.39 is 0 Å². The second-order valence-electron chi connectivity index (χ2n) is 13.5. The van der Waals surface area contributed by atoms with Crippen LogP contribution in [0.1, 0.15) is 85.5 Å². The molecule has 0 bridgehead atoms. The molecular formula is C32H49NO4. The van der Waals surface area contributed by atoms with Crippen molar-refractivity contribution >= 4 is 11.8 Å². The molecule has 0 heterocycles. The Morgan fingerprint density at radius 3 is 2.46 bits per heavy atom. The summed E-state index contributed by atoms with van der Waals surface area (Å²) in [6, 6.07) is 9.44. The van der Waals surface area contributed by atoms with E-state index >= 15 is 0 Å². The number of aliphatic hydroxyl groups is 2. The molecule has 37 heavy (non-hydrogen) atoms. The van der Waals surface area contributed by atoms with E-state index in [0.29, 0.717) is 48.0 Å². The molecule has 1 amide bonds. The zero-order valence-electron chi connectivity index (χ0n) is 23.4. The highest BCUT2D eigenvalue weighted by molar-refractivity contribution is 5.84. The van der Waals surface area contributed by atoms with Crippen LogP contribution in [0.25, 0.3) is 0 Å². The van der Waals surface area contributed by atoms with Gasteiger partial charge in [0, 0.05) is 5.69 Å². The molecule has 1 aromatic carbocycles. The minimum absolute atomic E-state index is 0.196. The van der Waals surface area contributed by atoms with Crippen molar-refractivity contribution in [1.82, 2.24) is 0 Å². The Hall–Kier alpha value is -1.59. The molecule has 0 radical (unpaired) electrons. The first-order valence-corrected chi connectivity index (χ1v) is 15.0. The summed E-state index contributed by atoms with van der Waals surface area (Å²) in [5.41, 5.74) is 1.24. The first kappa shape index (κ1) is 27.0. The Labute approximate surface area is 223 Å². The number of nitrogens with one attached hydrogen (secondary N) is 1. The standard InChI is InChI=1S/C32H49NO4/c1-5-23-27-19-22(34)13-16-32(27,4)26-14-17-31(3)24(11-12-25(31)28(26)29(23)35)20(2)15-18-37-30(36)33-21-9-7-6-8-10-21/h6-10,20,22-29,34-35H,5,11-19H2,1-4H3,(H,33,36)/t20-,22-,23-,24-,25+,26+,27?,28?,29-,31-,32?/m1/s1. The molecule has 4 aliphatic rings. The summed E-state index contributed by atoms with van der Waals surface area (Å²) in [5.74, 6) is 3.34. The van der Waals surface area contributed by atoms with E-state index in [0.717, 1.165) is 37.8 Å². The van der Waals surface area contributed by atoms with E-state index in [1.54, 1.807) is 0 Å². The lowest BCUT2D eigenvalue weighted by Crippen LogP contribution is -2.62.